The molecule has 1 rings (SSSR count). The Hall–Kier alpha value is -1.01. The van der Waals surface area contributed by atoms with Crippen molar-refractivity contribution in [2.75, 3.05) is 26.1 Å². The lowest BCUT2D eigenvalue weighted by Crippen LogP contribution is -2.56. The average Bonchev–Trinajstić information content (AvgIpc) is 2.27. The Balaban J connectivity index is 2.56. The van der Waals surface area contributed by atoms with Crippen LogP contribution >= 0.6 is 11.6 Å². The molecule has 1 heterocycles. The fraction of sp³-hybridized carbons (Fsp3) is 0.778. The molecule has 0 aromatic heterocycles. The number of carboxylic acid groups (broad SMARTS) is 1. The quantitative estimate of drug-likeness (QED) is 0.697. The number of carbonyl (C=O) groups is 2. The first-order chi connectivity index (χ1) is 7.58. The molecule has 6 nitrogen and oxygen atoms in total. The van der Waals surface area contributed by atoms with Crippen molar-refractivity contribution >= 4 is 23.6 Å². The van der Waals surface area contributed by atoms with E-state index in [1.807, 2.05) is 0 Å². The fourth-order valence-electron chi connectivity index (χ4n) is 1.79. The molecular weight excluding hydrogens is 236 g/mol. The molecule has 0 saturated carbocycles. The Morgan fingerprint density at radius 3 is 2.81 bits per heavy atom. The molecule has 0 aliphatic carbocycles. The SMILES string of the molecule is CO[C@@H]1CN(C(=O)CCl)CC[C@@H]1NC(=O)O. The lowest BCUT2D eigenvalue weighted by Gasteiger charge is -2.37. The highest BCUT2D eigenvalue weighted by Crippen LogP contribution is 2.14. The van der Waals surface area contributed by atoms with E-state index in [0.717, 1.165) is 0 Å². The number of likely N-dealkylation sites (tertiary alicyclic amines) is 1. The van der Waals surface area contributed by atoms with Gasteiger partial charge in [-0.25, -0.2) is 4.79 Å². The number of rotatable bonds is 3. The number of carbonyl (C=O) groups excluding carboxylic acids is 1. The maximum Gasteiger partial charge on any atom is 0.404 e. The van der Waals surface area contributed by atoms with Crippen LogP contribution in [0.3, 0.4) is 0 Å². The van der Waals surface area contributed by atoms with E-state index in [1.165, 1.54) is 7.11 Å². The molecule has 2 N–H and O–H groups in total. The predicted molar refractivity (Wildman–Crippen MR) is 57.7 cm³/mol. The molecule has 2 atom stereocenters. The maximum absolute atomic E-state index is 11.4. The average molecular weight is 251 g/mol. The minimum atomic E-state index is -1.08. The Morgan fingerprint density at radius 1 is 1.62 bits per heavy atom. The summed E-state index contributed by atoms with van der Waals surface area (Å²) in [6.07, 6.45) is -0.867. The van der Waals surface area contributed by atoms with Crippen LogP contribution in [0, 0.1) is 0 Å². The number of alkyl halides is 1. The minimum Gasteiger partial charge on any atom is -0.465 e. The smallest absolute Gasteiger partial charge is 0.404 e. The van der Waals surface area contributed by atoms with Gasteiger partial charge in [-0.3, -0.25) is 4.79 Å². The second-order valence-corrected chi connectivity index (χ2v) is 3.86. The summed E-state index contributed by atoms with van der Waals surface area (Å²) in [6, 6.07) is -0.276. The Kier molecular flexibility index (Phi) is 4.82. The van der Waals surface area contributed by atoms with E-state index in [0.29, 0.717) is 19.5 Å². The molecule has 92 valence electrons. The van der Waals surface area contributed by atoms with Gasteiger partial charge in [-0.15, -0.1) is 11.6 Å². The van der Waals surface area contributed by atoms with Gasteiger partial charge in [0.05, 0.1) is 12.1 Å². The standard InChI is InChI=1S/C9H15ClN2O4/c1-16-7-5-12(8(13)4-10)3-2-6(7)11-9(14)15/h6-7,11H,2-5H2,1H3,(H,14,15)/t6-,7+/m0/s1. The normalized spacial score (nSPS) is 25.2. The second kappa shape index (κ2) is 5.91. The molecule has 0 bridgehead atoms. The molecule has 2 amide bonds. The molecule has 1 saturated heterocycles. The summed E-state index contributed by atoms with van der Waals surface area (Å²) in [5, 5.41) is 11.0. The van der Waals surface area contributed by atoms with Gasteiger partial charge in [0, 0.05) is 20.2 Å². The highest BCUT2D eigenvalue weighted by molar-refractivity contribution is 6.27. The molecule has 1 aliphatic heterocycles. The number of nitrogens with one attached hydrogen (secondary N) is 1. The molecule has 0 radical (unpaired) electrons. The number of methoxy groups -OCH3 is 1. The Morgan fingerprint density at radius 2 is 2.31 bits per heavy atom. The highest BCUT2D eigenvalue weighted by atomic mass is 35.5. The minimum absolute atomic E-state index is 0.0620. The number of piperidine rings is 1. The van der Waals surface area contributed by atoms with Gasteiger partial charge in [-0.05, 0) is 6.42 Å². The van der Waals surface area contributed by atoms with Gasteiger partial charge in [0.25, 0.3) is 0 Å². The van der Waals surface area contributed by atoms with Crippen LogP contribution in [0.25, 0.3) is 0 Å². The molecular formula is C9H15ClN2O4. The number of nitrogens with zero attached hydrogens (tertiary/aromatic N) is 1. The Bertz CT molecular complexity index is 274. The van der Waals surface area contributed by atoms with Crippen LogP contribution in [0.1, 0.15) is 6.42 Å². The summed E-state index contributed by atoms with van der Waals surface area (Å²) in [4.78, 5) is 23.5. The molecule has 1 fully saturated rings. The zero-order chi connectivity index (χ0) is 12.1. The van der Waals surface area contributed by atoms with Crippen LogP contribution in [0.4, 0.5) is 4.79 Å². The zero-order valence-electron chi connectivity index (χ0n) is 8.98. The van der Waals surface area contributed by atoms with Crippen LogP contribution in [0.5, 0.6) is 0 Å². The third kappa shape index (κ3) is 3.24. The molecule has 0 aromatic carbocycles. The first-order valence-corrected chi connectivity index (χ1v) is 5.48. The van der Waals surface area contributed by atoms with Gasteiger partial charge in [0.1, 0.15) is 5.88 Å². The van der Waals surface area contributed by atoms with Crippen molar-refractivity contribution in [3.63, 3.8) is 0 Å². The van der Waals surface area contributed by atoms with E-state index in [-0.39, 0.29) is 23.9 Å². The summed E-state index contributed by atoms with van der Waals surface area (Å²) in [7, 11) is 1.50. The monoisotopic (exact) mass is 250 g/mol. The van der Waals surface area contributed by atoms with Crippen LogP contribution in [-0.2, 0) is 9.53 Å². The van der Waals surface area contributed by atoms with E-state index in [9.17, 15) is 9.59 Å². The van der Waals surface area contributed by atoms with Crippen LogP contribution in [-0.4, -0.2) is 60.2 Å². The van der Waals surface area contributed by atoms with Gasteiger partial charge in [0.15, 0.2) is 0 Å². The molecule has 0 unspecified atom stereocenters. The number of ether oxygens (including phenoxy) is 1. The molecule has 7 heteroatoms. The van der Waals surface area contributed by atoms with Crippen molar-refractivity contribution in [2.45, 2.75) is 18.6 Å². The number of hydrogen-bond donors (Lipinski definition) is 2. The van der Waals surface area contributed by atoms with Crippen LogP contribution < -0.4 is 5.32 Å². The molecule has 1 aliphatic rings. The van der Waals surface area contributed by atoms with Crippen LogP contribution in [0.15, 0.2) is 0 Å². The first-order valence-electron chi connectivity index (χ1n) is 4.94. The van der Waals surface area contributed by atoms with Gasteiger partial charge >= 0.3 is 6.09 Å². The summed E-state index contributed by atoms with van der Waals surface area (Å²) in [5.74, 6) is -0.217. The topological polar surface area (TPSA) is 78.9 Å². The predicted octanol–water partition coefficient (Wildman–Crippen LogP) is 0.109. The number of halogens is 1. The van der Waals surface area contributed by atoms with Crippen molar-refractivity contribution in [3.8, 4) is 0 Å². The van der Waals surface area contributed by atoms with Gasteiger partial charge in [-0.1, -0.05) is 0 Å². The maximum atomic E-state index is 11.4. The Labute approximate surface area is 98.5 Å². The zero-order valence-corrected chi connectivity index (χ0v) is 9.74. The van der Waals surface area contributed by atoms with Crippen molar-refractivity contribution in [2.24, 2.45) is 0 Å². The van der Waals surface area contributed by atoms with Gasteiger partial charge in [-0.2, -0.15) is 0 Å². The summed E-state index contributed by atoms with van der Waals surface area (Å²) in [5.41, 5.74) is 0. The first kappa shape index (κ1) is 13.1. The van der Waals surface area contributed by atoms with Crippen molar-refractivity contribution in [1.82, 2.24) is 10.2 Å². The third-order valence-electron chi connectivity index (χ3n) is 2.64. The highest BCUT2D eigenvalue weighted by Gasteiger charge is 2.32. The largest absolute Gasteiger partial charge is 0.465 e. The lowest BCUT2D eigenvalue weighted by molar-refractivity contribution is -0.132. The molecule has 0 spiro atoms. The van der Waals surface area contributed by atoms with E-state index >= 15 is 0 Å². The van der Waals surface area contributed by atoms with Gasteiger partial charge < -0.3 is 20.1 Å². The second-order valence-electron chi connectivity index (χ2n) is 3.59. The van der Waals surface area contributed by atoms with E-state index in [2.05, 4.69) is 5.32 Å². The molecule has 16 heavy (non-hydrogen) atoms. The van der Waals surface area contributed by atoms with Crippen molar-refractivity contribution in [3.05, 3.63) is 0 Å². The van der Waals surface area contributed by atoms with Crippen molar-refractivity contribution < 1.29 is 19.4 Å². The van der Waals surface area contributed by atoms with Gasteiger partial charge in [0.2, 0.25) is 5.91 Å². The number of amides is 2. The fourth-order valence-corrected chi connectivity index (χ4v) is 1.96. The van der Waals surface area contributed by atoms with E-state index < -0.39 is 6.09 Å². The van der Waals surface area contributed by atoms with Crippen molar-refractivity contribution in [1.29, 1.82) is 0 Å². The van der Waals surface area contributed by atoms with E-state index in [4.69, 9.17) is 21.4 Å². The third-order valence-corrected chi connectivity index (χ3v) is 2.87. The van der Waals surface area contributed by atoms with Crippen LogP contribution in [0.2, 0.25) is 0 Å². The molecule has 0 aromatic rings. The summed E-state index contributed by atoms with van der Waals surface area (Å²) in [6.45, 7) is 0.864. The lowest BCUT2D eigenvalue weighted by atomic mass is 10.0. The van der Waals surface area contributed by atoms with E-state index in [1.54, 1.807) is 4.90 Å². The number of hydrogen-bond acceptors (Lipinski definition) is 3. The summed E-state index contributed by atoms with van der Waals surface area (Å²) >= 11 is 5.46. The summed E-state index contributed by atoms with van der Waals surface area (Å²) < 4.78 is 5.17.